The number of hydrogen-bond donors (Lipinski definition) is 0. The lowest BCUT2D eigenvalue weighted by Gasteiger charge is -2.37. The largest absolute Gasteiger partial charge is 0.0622 e. The van der Waals surface area contributed by atoms with Crippen molar-refractivity contribution in [2.24, 2.45) is 5.92 Å². The molecule has 0 bridgehead atoms. The molecule has 1 fully saturated rings. The van der Waals surface area contributed by atoms with Gasteiger partial charge in [0.15, 0.2) is 0 Å². The molecule has 0 spiro atoms. The maximum absolute atomic E-state index is 2.28. The Balaban J connectivity index is 1.70. The molecule has 0 aliphatic heterocycles. The summed E-state index contributed by atoms with van der Waals surface area (Å²) in [6, 6.07) is 21.9. The van der Waals surface area contributed by atoms with Crippen molar-refractivity contribution in [3.63, 3.8) is 0 Å². The third-order valence-electron chi connectivity index (χ3n) is 3.99. The summed E-state index contributed by atoms with van der Waals surface area (Å²) in [6.45, 7) is 0. The van der Waals surface area contributed by atoms with Crippen LogP contribution in [-0.4, -0.2) is 0 Å². The van der Waals surface area contributed by atoms with Gasteiger partial charge in [0.1, 0.15) is 0 Å². The standard InChI is InChI=1S/C17H18/c1-3-7-14(8-4-1)13-16-11-12-17(16)15-9-5-2-6-10-15/h1-10,16-17H,11-13H2. The van der Waals surface area contributed by atoms with Gasteiger partial charge in [0.2, 0.25) is 0 Å². The van der Waals surface area contributed by atoms with Crippen LogP contribution < -0.4 is 0 Å². The maximum atomic E-state index is 2.28. The van der Waals surface area contributed by atoms with Gasteiger partial charge in [-0.15, -0.1) is 0 Å². The zero-order valence-corrected chi connectivity index (χ0v) is 10.0. The summed E-state index contributed by atoms with van der Waals surface area (Å²) in [6.07, 6.45) is 3.98. The van der Waals surface area contributed by atoms with Gasteiger partial charge in [-0.2, -0.15) is 0 Å². The second kappa shape index (κ2) is 4.75. The Bertz CT molecular complexity index is 458. The average Bonchev–Trinajstić information content (AvgIpc) is 2.37. The van der Waals surface area contributed by atoms with Gasteiger partial charge in [0, 0.05) is 0 Å². The molecule has 1 saturated carbocycles. The molecule has 1 aliphatic carbocycles. The lowest BCUT2D eigenvalue weighted by Crippen LogP contribution is -2.25. The normalized spacial score (nSPS) is 23.1. The molecule has 1 aliphatic rings. The monoisotopic (exact) mass is 222 g/mol. The highest BCUT2D eigenvalue weighted by Gasteiger charge is 2.31. The van der Waals surface area contributed by atoms with Gasteiger partial charge >= 0.3 is 0 Å². The van der Waals surface area contributed by atoms with Crippen LogP contribution in [0.2, 0.25) is 0 Å². The van der Waals surface area contributed by atoms with Crippen LogP contribution in [0.15, 0.2) is 60.7 Å². The smallest absolute Gasteiger partial charge is 0.0130 e. The molecule has 3 rings (SSSR count). The fourth-order valence-electron chi connectivity index (χ4n) is 2.87. The molecule has 0 aromatic heterocycles. The fourth-order valence-corrected chi connectivity index (χ4v) is 2.87. The number of rotatable bonds is 3. The van der Waals surface area contributed by atoms with E-state index in [0.29, 0.717) is 0 Å². The second-order valence-electron chi connectivity index (χ2n) is 5.04. The Morgan fingerprint density at radius 1 is 0.765 bits per heavy atom. The topological polar surface area (TPSA) is 0 Å². The van der Waals surface area contributed by atoms with Gasteiger partial charge < -0.3 is 0 Å². The highest BCUT2D eigenvalue weighted by atomic mass is 14.4. The lowest BCUT2D eigenvalue weighted by atomic mass is 9.67. The van der Waals surface area contributed by atoms with Crippen molar-refractivity contribution >= 4 is 0 Å². The molecule has 0 saturated heterocycles. The first-order valence-electron chi connectivity index (χ1n) is 6.52. The first-order valence-corrected chi connectivity index (χ1v) is 6.52. The predicted octanol–water partition coefficient (Wildman–Crippen LogP) is 4.42. The molecule has 0 nitrogen and oxygen atoms in total. The van der Waals surface area contributed by atoms with Crippen LogP contribution in [0.1, 0.15) is 29.9 Å². The van der Waals surface area contributed by atoms with E-state index in [2.05, 4.69) is 60.7 Å². The van der Waals surface area contributed by atoms with E-state index in [1.165, 1.54) is 30.4 Å². The van der Waals surface area contributed by atoms with Crippen LogP contribution in [0, 0.1) is 5.92 Å². The summed E-state index contributed by atoms with van der Waals surface area (Å²) in [5.74, 6) is 1.64. The first kappa shape index (κ1) is 10.6. The second-order valence-corrected chi connectivity index (χ2v) is 5.04. The van der Waals surface area contributed by atoms with E-state index < -0.39 is 0 Å². The van der Waals surface area contributed by atoms with Crippen LogP contribution in [-0.2, 0) is 6.42 Å². The predicted molar refractivity (Wildman–Crippen MR) is 72.1 cm³/mol. The van der Waals surface area contributed by atoms with Crippen molar-refractivity contribution in [3.8, 4) is 0 Å². The van der Waals surface area contributed by atoms with E-state index in [-0.39, 0.29) is 0 Å². The molecule has 2 aromatic rings. The van der Waals surface area contributed by atoms with Crippen molar-refractivity contribution in [3.05, 3.63) is 71.8 Å². The third-order valence-corrected chi connectivity index (χ3v) is 3.99. The zero-order chi connectivity index (χ0) is 11.5. The van der Waals surface area contributed by atoms with Crippen LogP contribution in [0.4, 0.5) is 0 Å². The number of hydrogen-bond acceptors (Lipinski definition) is 0. The minimum Gasteiger partial charge on any atom is -0.0622 e. The van der Waals surface area contributed by atoms with Crippen LogP contribution in [0.25, 0.3) is 0 Å². The van der Waals surface area contributed by atoms with E-state index in [1.54, 1.807) is 0 Å². The molecule has 86 valence electrons. The minimum absolute atomic E-state index is 0.788. The molecule has 0 N–H and O–H groups in total. The van der Waals surface area contributed by atoms with E-state index >= 15 is 0 Å². The average molecular weight is 222 g/mol. The van der Waals surface area contributed by atoms with E-state index in [1.807, 2.05) is 0 Å². The van der Waals surface area contributed by atoms with Crippen LogP contribution in [0.5, 0.6) is 0 Å². The van der Waals surface area contributed by atoms with Crippen molar-refractivity contribution < 1.29 is 0 Å². The fraction of sp³-hybridized carbons (Fsp3) is 0.294. The van der Waals surface area contributed by atoms with E-state index in [0.717, 1.165) is 11.8 Å². The zero-order valence-electron chi connectivity index (χ0n) is 10.0. The minimum atomic E-state index is 0.788. The van der Waals surface area contributed by atoms with Crippen LogP contribution in [0.3, 0.4) is 0 Å². The Morgan fingerprint density at radius 3 is 2.00 bits per heavy atom. The summed E-state index contributed by atoms with van der Waals surface area (Å²) in [5, 5.41) is 0. The Kier molecular flexibility index (Phi) is 2.96. The summed E-state index contributed by atoms with van der Waals surface area (Å²) in [4.78, 5) is 0. The van der Waals surface area contributed by atoms with Gasteiger partial charge in [-0.1, -0.05) is 60.7 Å². The summed E-state index contributed by atoms with van der Waals surface area (Å²) < 4.78 is 0. The Hall–Kier alpha value is -1.56. The highest BCUT2D eigenvalue weighted by Crippen LogP contribution is 2.44. The molecule has 0 amide bonds. The summed E-state index contributed by atoms with van der Waals surface area (Å²) in [7, 11) is 0. The summed E-state index contributed by atoms with van der Waals surface area (Å²) in [5.41, 5.74) is 3.01. The quantitative estimate of drug-likeness (QED) is 0.721. The van der Waals surface area contributed by atoms with Crippen molar-refractivity contribution in [1.29, 1.82) is 0 Å². The third kappa shape index (κ3) is 2.26. The van der Waals surface area contributed by atoms with Crippen molar-refractivity contribution in [1.82, 2.24) is 0 Å². The van der Waals surface area contributed by atoms with Crippen molar-refractivity contribution in [2.75, 3.05) is 0 Å². The first-order chi connectivity index (χ1) is 8.43. The van der Waals surface area contributed by atoms with Crippen LogP contribution >= 0.6 is 0 Å². The molecule has 2 unspecified atom stereocenters. The van der Waals surface area contributed by atoms with Gasteiger partial charge in [0.05, 0.1) is 0 Å². The van der Waals surface area contributed by atoms with E-state index in [4.69, 9.17) is 0 Å². The Labute approximate surface area is 103 Å². The van der Waals surface area contributed by atoms with Gasteiger partial charge in [-0.25, -0.2) is 0 Å². The molecule has 2 atom stereocenters. The highest BCUT2D eigenvalue weighted by molar-refractivity contribution is 5.24. The van der Waals surface area contributed by atoms with E-state index in [9.17, 15) is 0 Å². The molecular weight excluding hydrogens is 204 g/mol. The van der Waals surface area contributed by atoms with Crippen molar-refractivity contribution in [2.45, 2.75) is 25.2 Å². The van der Waals surface area contributed by atoms with Gasteiger partial charge in [-0.05, 0) is 42.2 Å². The SMILES string of the molecule is c1ccc(CC2CCC2c2ccccc2)cc1. The summed E-state index contributed by atoms with van der Waals surface area (Å²) >= 11 is 0. The van der Waals surface area contributed by atoms with Gasteiger partial charge in [0.25, 0.3) is 0 Å². The Morgan fingerprint density at radius 2 is 1.41 bits per heavy atom. The molecular formula is C17H18. The molecule has 2 aromatic carbocycles. The molecule has 0 heteroatoms. The lowest BCUT2D eigenvalue weighted by molar-refractivity contribution is 0.253. The van der Waals surface area contributed by atoms with Gasteiger partial charge in [-0.3, -0.25) is 0 Å². The maximum Gasteiger partial charge on any atom is -0.0130 e. The molecule has 0 radical (unpaired) electrons. The molecule has 17 heavy (non-hydrogen) atoms. The molecule has 0 heterocycles. The number of benzene rings is 2.